The van der Waals surface area contributed by atoms with Crippen molar-refractivity contribution in [2.24, 2.45) is 11.3 Å². The highest BCUT2D eigenvalue weighted by atomic mass is 28.4. The molecule has 3 fully saturated rings. The first kappa shape index (κ1) is 47.4. The molecule has 0 radical (unpaired) electrons. The number of methoxy groups -OCH3 is 1. The number of hydrogen-bond acceptors (Lipinski definition) is 10. The predicted octanol–water partition coefficient (Wildman–Crippen LogP) is 7.98. The minimum absolute atomic E-state index is 0.0332. The largest absolute Gasteiger partial charge is 0.540 e. The van der Waals surface area contributed by atoms with Crippen LogP contribution in [0.1, 0.15) is 110 Å². The highest BCUT2D eigenvalue weighted by Gasteiger charge is 2.58. The van der Waals surface area contributed by atoms with Gasteiger partial charge in [-0.2, -0.15) is 0 Å². The summed E-state index contributed by atoms with van der Waals surface area (Å²) in [5.74, 6) is -0.247. The number of hydrogen-bond donors (Lipinski definition) is 3. The van der Waals surface area contributed by atoms with Gasteiger partial charge >= 0.3 is 12.2 Å². The van der Waals surface area contributed by atoms with E-state index in [1.807, 2.05) is 13.8 Å². The van der Waals surface area contributed by atoms with Crippen molar-refractivity contribution in [1.82, 2.24) is 15.1 Å². The minimum Gasteiger partial charge on any atom is -0.540 e. The number of aliphatic hydroxyl groups is 1. The summed E-state index contributed by atoms with van der Waals surface area (Å²) >= 11 is 0. The number of nitrogens with one attached hydrogen (secondary N) is 2. The van der Waals surface area contributed by atoms with Crippen LogP contribution < -0.4 is 24.7 Å². The molecule has 63 heavy (non-hydrogen) atoms. The van der Waals surface area contributed by atoms with Crippen molar-refractivity contribution in [2.45, 2.75) is 141 Å². The van der Waals surface area contributed by atoms with Gasteiger partial charge in [0.25, 0.3) is 14.2 Å². The summed E-state index contributed by atoms with van der Waals surface area (Å²) in [4.78, 5) is 72.6. The summed E-state index contributed by atoms with van der Waals surface area (Å²) < 4.78 is 24.0. The summed E-state index contributed by atoms with van der Waals surface area (Å²) in [5, 5.41) is 17.9. The maximum absolute atomic E-state index is 14.4. The van der Waals surface area contributed by atoms with Gasteiger partial charge in [-0.3, -0.25) is 19.3 Å². The number of ether oxygens (including phenoxy) is 3. The zero-order chi connectivity index (χ0) is 46.0. The highest BCUT2D eigenvalue weighted by Crippen LogP contribution is 2.57. The van der Waals surface area contributed by atoms with E-state index in [4.69, 9.17) is 18.6 Å². The number of carbonyl (C=O) groups excluding carboxylic acids is 5. The lowest BCUT2D eigenvalue weighted by Gasteiger charge is -2.42. The quantitative estimate of drug-likeness (QED) is 0.111. The molecule has 15 nitrogen and oxygen atoms in total. The van der Waals surface area contributed by atoms with Crippen LogP contribution in [0, 0.1) is 11.3 Å². The van der Waals surface area contributed by atoms with Gasteiger partial charge in [0.05, 0.1) is 24.4 Å². The molecule has 3 heterocycles. The number of benzene rings is 2. The standard InChI is InChI=1S/C47H67N5O10Si/c1-11-21-60-45(57)50-20-12-13-36(50)42(54)49-35(22-28(2)3)41(53)48-33-16-14-32(15-17-33)26-61-46(58)52-37-24-40(62-63(29(4)5,30(6)7)31(8)9)39(59-10)23-34(37)43(55)51-27-47(18-19-47)25-38(51)44(52)56/h11,14-17,23-24,28-31,35-36,38,44,56H,1,12-13,18-22,25-27H2,2-10H3,(H,48,53)(H,49,54)/t35?,36-,38-,44?/m0/s1. The Morgan fingerprint density at radius 1 is 0.952 bits per heavy atom. The first-order valence-electron chi connectivity index (χ1n) is 22.5. The van der Waals surface area contributed by atoms with Gasteiger partial charge in [0.2, 0.25) is 11.8 Å². The summed E-state index contributed by atoms with van der Waals surface area (Å²) in [7, 11) is -1.00. The number of amides is 5. The zero-order valence-corrected chi connectivity index (χ0v) is 39.4. The van der Waals surface area contributed by atoms with Crippen molar-refractivity contribution in [3.05, 3.63) is 60.2 Å². The number of anilines is 2. The predicted molar refractivity (Wildman–Crippen MR) is 242 cm³/mol. The molecule has 2 aromatic rings. The van der Waals surface area contributed by atoms with E-state index in [1.165, 1.54) is 23.0 Å². The van der Waals surface area contributed by atoms with Gasteiger partial charge in [-0.1, -0.05) is 80.2 Å². The number of fused-ring (bicyclic) bond motifs is 2. The van der Waals surface area contributed by atoms with E-state index >= 15 is 0 Å². The minimum atomic E-state index is -2.54. The number of nitrogens with zero attached hydrogens (tertiary/aromatic N) is 3. The maximum atomic E-state index is 14.4. The molecule has 5 amide bonds. The fourth-order valence-corrected chi connectivity index (χ4v) is 15.3. The van der Waals surface area contributed by atoms with E-state index in [1.54, 1.807) is 41.3 Å². The zero-order valence-electron chi connectivity index (χ0n) is 38.4. The smallest absolute Gasteiger partial charge is 0.416 e. The van der Waals surface area contributed by atoms with E-state index < -0.39 is 56.7 Å². The first-order valence-corrected chi connectivity index (χ1v) is 24.6. The molecular formula is C47H67N5O10Si. The monoisotopic (exact) mass is 889 g/mol. The topological polar surface area (TPSA) is 176 Å². The van der Waals surface area contributed by atoms with Crippen LogP contribution >= 0.6 is 0 Å². The van der Waals surface area contributed by atoms with Crippen LogP contribution in [0.2, 0.25) is 16.6 Å². The summed E-state index contributed by atoms with van der Waals surface area (Å²) in [6.45, 7) is 21.2. The molecule has 4 aliphatic rings. The number of likely N-dealkylation sites (tertiary alicyclic amines) is 1. The summed E-state index contributed by atoms with van der Waals surface area (Å²) in [5.41, 5.74) is 2.11. The van der Waals surface area contributed by atoms with Crippen LogP contribution in [-0.2, 0) is 25.7 Å². The van der Waals surface area contributed by atoms with Gasteiger partial charge in [0.1, 0.15) is 31.0 Å². The molecule has 6 rings (SSSR count). The molecule has 16 heteroatoms. The fourth-order valence-electron chi connectivity index (χ4n) is 10.1. The van der Waals surface area contributed by atoms with Crippen molar-refractivity contribution in [1.29, 1.82) is 0 Å². The number of aliphatic hydroxyl groups excluding tert-OH is 1. The van der Waals surface area contributed by atoms with Gasteiger partial charge in [-0.25, -0.2) is 14.5 Å². The van der Waals surface area contributed by atoms with Crippen LogP contribution in [0.4, 0.5) is 21.0 Å². The van der Waals surface area contributed by atoms with Gasteiger partial charge in [0, 0.05) is 24.8 Å². The lowest BCUT2D eigenvalue weighted by Crippen LogP contribution is -2.52. The summed E-state index contributed by atoms with van der Waals surface area (Å²) in [6.07, 6.45) is 2.59. The van der Waals surface area contributed by atoms with Gasteiger partial charge < -0.3 is 39.3 Å². The molecule has 4 atom stereocenters. The van der Waals surface area contributed by atoms with Crippen molar-refractivity contribution in [2.75, 3.05) is 37.0 Å². The molecule has 3 aliphatic heterocycles. The second kappa shape index (κ2) is 19.3. The molecule has 2 unspecified atom stereocenters. The van der Waals surface area contributed by atoms with E-state index in [9.17, 15) is 29.1 Å². The Kier molecular flexibility index (Phi) is 14.5. The highest BCUT2D eigenvalue weighted by molar-refractivity contribution is 6.78. The van der Waals surface area contributed by atoms with Crippen molar-refractivity contribution in [3.63, 3.8) is 0 Å². The third-order valence-corrected chi connectivity index (χ3v) is 19.4. The molecule has 1 aliphatic carbocycles. The third kappa shape index (κ3) is 9.86. The van der Waals surface area contributed by atoms with Crippen molar-refractivity contribution < 1.29 is 47.7 Å². The van der Waals surface area contributed by atoms with Crippen LogP contribution in [-0.4, -0.2) is 104 Å². The van der Waals surface area contributed by atoms with E-state index in [2.05, 4.69) is 58.8 Å². The number of rotatable bonds is 16. The molecule has 344 valence electrons. The second-order valence-corrected chi connectivity index (χ2v) is 24.5. The van der Waals surface area contributed by atoms with E-state index in [0.29, 0.717) is 61.5 Å². The molecule has 0 bridgehead atoms. The van der Waals surface area contributed by atoms with E-state index in [0.717, 1.165) is 12.8 Å². The summed E-state index contributed by atoms with van der Waals surface area (Å²) in [6, 6.07) is 7.82. The second-order valence-electron chi connectivity index (χ2n) is 19.1. The molecular weight excluding hydrogens is 823 g/mol. The van der Waals surface area contributed by atoms with Crippen molar-refractivity contribution >= 4 is 49.6 Å². The van der Waals surface area contributed by atoms with Crippen LogP contribution in [0.15, 0.2) is 49.1 Å². The Hall–Kier alpha value is -5.09. The molecule has 2 aromatic carbocycles. The Balaban J connectivity index is 1.19. The van der Waals surface area contributed by atoms with Gasteiger partial charge in [-0.15, -0.1) is 0 Å². The Morgan fingerprint density at radius 3 is 2.21 bits per heavy atom. The Bertz CT molecular complexity index is 2010. The van der Waals surface area contributed by atoms with E-state index in [-0.39, 0.29) is 58.3 Å². The fraction of sp³-hybridized carbons (Fsp3) is 0.596. The van der Waals surface area contributed by atoms with Crippen LogP contribution in [0.25, 0.3) is 0 Å². The Labute approximate surface area is 372 Å². The SMILES string of the molecule is C=CCOC(=O)N1CCC[C@H]1C(=O)NC(CC(C)C)C(=O)Nc1ccc(COC(=O)N2c3cc(O[Si](C(C)C)(C(C)C)C(C)C)c(OC)cc3C(=O)N3CC4(CC4)C[C@H]3C2O)cc1. The first-order chi connectivity index (χ1) is 29.9. The number of carbonyl (C=O) groups is 5. The van der Waals surface area contributed by atoms with Crippen LogP contribution in [0.5, 0.6) is 11.5 Å². The molecule has 2 saturated heterocycles. The molecule has 1 saturated carbocycles. The normalized spacial score (nSPS) is 20.7. The van der Waals surface area contributed by atoms with Crippen LogP contribution in [0.3, 0.4) is 0 Å². The van der Waals surface area contributed by atoms with Gasteiger partial charge in [-0.05, 0) is 90.2 Å². The molecule has 1 spiro atoms. The molecule has 0 aromatic heterocycles. The average Bonchev–Trinajstić information content (AvgIpc) is 3.63. The lowest BCUT2D eigenvalue weighted by molar-refractivity contribution is -0.129. The Morgan fingerprint density at radius 2 is 1.62 bits per heavy atom. The van der Waals surface area contributed by atoms with Crippen molar-refractivity contribution in [3.8, 4) is 11.5 Å². The van der Waals surface area contributed by atoms with Gasteiger partial charge in [0.15, 0.2) is 12.0 Å². The average molecular weight is 890 g/mol. The third-order valence-electron chi connectivity index (χ3n) is 13.4. The maximum Gasteiger partial charge on any atom is 0.416 e. The lowest BCUT2D eigenvalue weighted by atomic mass is 10.0. The molecule has 3 N–H and O–H groups in total.